The van der Waals surface area contributed by atoms with E-state index in [0.717, 1.165) is 23.4 Å². The van der Waals surface area contributed by atoms with Crippen molar-refractivity contribution in [3.8, 4) is 5.75 Å². The number of thiazole rings is 1. The van der Waals surface area contributed by atoms with Crippen LogP contribution in [0.4, 0.5) is 0 Å². The van der Waals surface area contributed by atoms with Crippen LogP contribution in [0.2, 0.25) is 0 Å². The molecule has 1 aliphatic rings. The highest BCUT2D eigenvalue weighted by Gasteiger charge is 2.33. The molecule has 0 unspecified atom stereocenters. The molecule has 0 amide bonds. The Labute approximate surface area is 195 Å². The van der Waals surface area contributed by atoms with Crippen LogP contribution in [0.3, 0.4) is 0 Å². The molecular weight excluding hydrogens is 440 g/mol. The highest BCUT2D eigenvalue weighted by Crippen LogP contribution is 2.31. The number of hydrogen-bond donors (Lipinski definition) is 0. The summed E-state index contributed by atoms with van der Waals surface area (Å²) >= 11 is 1.30. The average molecular weight is 467 g/mol. The summed E-state index contributed by atoms with van der Waals surface area (Å²) in [6, 6.07) is 6.69. The normalized spacial score (nSPS) is 15.9. The first-order valence-corrected chi connectivity index (χ1v) is 11.6. The number of benzene rings is 1. The second-order valence-electron chi connectivity index (χ2n) is 7.60. The molecule has 3 heterocycles. The molecule has 0 radical (unpaired) electrons. The van der Waals surface area contributed by atoms with Crippen LogP contribution < -0.4 is 19.6 Å². The maximum absolute atomic E-state index is 13.6. The van der Waals surface area contributed by atoms with Gasteiger partial charge in [-0.05, 0) is 51.5 Å². The number of hydrogen-bond acceptors (Lipinski definition) is 7. The summed E-state index contributed by atoms with van der Waals surface area (Å²) < 4.78 is 14.5. The molecule has 8 nitrogen and oxygen atoms in total. The topological polar surface area (TPSA) is 87.7 Å². The van der Waals surface area contributed by atoms with E-state index in [1.165, 1.54) is 11.3 Å². The number of carbonyl (C=O) groups is 1. The molecule has 1 aliphatic heterocycles. The van der Waals surface area contributed by atoms with E-state index in [2.05, 4.69) is 10.1 Å². The fourth-order valence-corrected chi connectivity index (χ4v) is 4.91. The first kappa shape index (κ1) is 22.7. The Balaban J connectivity index is 1.94. The summed E-state index contributed by atoms with van der Waals surface area (Å²) in [6.07, 6.45) is 3.76. The second-order valence-corrected chi connectivity index (χ2v) is 8.61. The maximum Gasteiger partial charge on any atom is 0.338 e. The van der Waals surface area contributed by atoms with Crippen molar-refractivity contribution < 1.29 is 14.3 Å². The number of methoxy groups -OCH3 is 1. The zero-order chi connectivity index (χ0) is 23.7. The number of ether oxygens (including phenoxy) is 2. The summed E-state index contributed by atoms with van der Waals surface area (Å²) in [7, 11) is 1.59. The van der Waals surface area contributed by atoms with Gasteiger partial charge in [-0.2, -0.15) is 5.10 Å². The molecule has 1 atom stereocenters. The van der Waals surface area contributed by atoms with E-state index in [9.17, 15) is 9.59 Å². The van der Waals surface area contributed by atoms with Crippen molar-refractivity contribution in [3.05, 3.63) is 78.2 Å². The highest BCUT2D eigenvalue weighted by molar-refractivity contribution is 7.07. The van der Waals surface area contributed by atoms with Crippen LogP contribution in [-0.4, -0.2) is 34.0 Å². The van der Waals surface area contributed by atoms with Crippen molar-refractivity contribution in [1.29, 1.82) is 0 Å². The Kier molecular flexibility index (Phi) is 6.33. The Bertz CT molecular complexity index is 1410. The Morgan fingerprint density at radius 2 is 1.94 bits per heavy atom. The van der Waals surface area contributed by atoms with Gasteiger partial charge in [0.15, 0.2) is 4.80 Å². The van der Waals surface area contributed by atoms with Crippen molar-refractivity contribution in [2.45, 2.75) is 40.3 Å². The van der Waals surface area contributed by atoms with E-state index in [4.69, 9.17) is 9.47 Å². The lowest BCUT2D eigenvalue weighted by molar-refractivity contribution is -0.139. The van der Waals surface area contributed by atoms with E-state index < -0.39 is 12.0 Å². The van der Waals surface area contributed by atoms with E-state index in [0.29, 0.717) is 26.4 Å². The molecule has 0 saturated carbocycles. The van der Waals surface area contributed by atoms with Gasteiger partial charge in [0.25, 0.3) is 5.56 Å². The molecule has 0 saturated heterocycles. The van der Waals surface area contributed by atoms with Crippen molar-refractivity contribution >= 4 is 23.4 Å². The predicted molar refractivity (Wildman–Crippen MR) is 126 cm³/mol. The summed E-state index contributed by atoms with van der Waals surface area (Å²) in [5.41, 5.74) is 3.18. The van der Waals surface area contributed by atoms with Crippen LogP contribution in [0.5, 0.6) is 5.75 Å². The third-order valence-corrected chi connectivity index (χ3v) is 6.53. The molecule has 0 bridgehead atoms. The van der Waals surface area contributed by atoms with Gasteiger partial charge in [-0.3, -0.25) is 14.0 Å². The fourth-order valence-electron chi connectivity index (χ4n) is 3.87. The Morgan fingerprint density at radius 1 is 1.21 bits per heavy atom. The van der Waals surface area contributed by atoms with Crippen LogP contribution in [-0.2, 0) is 16.1 Å². The molecular formula is C24H26N4O4S. The quantitative estimate of drug-likeness (QED) is 0.521. The highest BCUT2D eigenvalue weighted by atomic mass is 32.1. The number of aromatic nitrogens is 3. The second kappa shape index (κ2) is 9.19. The predicted octanol–water partition coefficient (Wildman–Crippen LogP) is 2.33. The summed E-state index contributed by atoms with van der Waals surface area (Å²) in [6.45, 7) is 8.43. The summed E-state index contributed by atoms with van der Waals surface area (Å²) in [5.74, 6) is 0.210. The van der Waals surface area contributed by atoms with Crippen molar-refractivity contribution in [2.24, 2.45) is 4.99 Å². The van der Waals surface area contributed by atoms with Gasteiger partial charge in [0.2, 0.25) is 0 Å². The lowest BCUT2D eigenvalue weighted by atomic mass is 9.96. The minimum Gasteiger partial charge on any atom is -0.497 e. The van der Waals surface area contributed by atoms with Gasteiger partial charge in [-0.25, -0.2) is 9.79 Å². The van der Waals surface area contributed by atoms with Gasteiger partial charge in [0.1, 0.15) is 5.75 Å². The number of nitrogens with zero attached hydrogens (tertiary/aromatic N) is 4. The van der Waals surface area contributed by atoms with Gasteiger partial charge in [-0.15, -0.1) is 0 Å². The summed E-state index contributed by atoms with van der Waals surface area (Å²) in [5, 5.41) is 4.46. The van der Waals surface area contributed by atoms with Gasteiger partial charge in [0.05, 0.1) is 41.3 Å². The molecule has 0 aliphatic carbocycles. The lowest BCUT2D eigenvalue weighted by Crippen LogP contribution is -2.39. The zero-order valence-electron chi connectivity index (χ0n) is 19.3. The summed E-state index contributed by atoms with van der Waals surface area (Å²) in [4.78, 5) is 31.7. The number of fused-ring (bicyclic) bond motifs is 1. The van der Waals surface area contributed by atoms with Gasteiger partial charge >= 0.3 is 5.97 Å². The van der Waals surface area contributed by atoms with E-state index >= 15 is 0 Å². The standard InChI is InChI=1S/C24H26N4O4S/c1-6-27-13-17(14(3)26-27)12-19-22(29)28-21(16-8-10-18(31-5)11-9-16)20(23(30)32-7-2)15(4)25-24(28)33-19/h8-13,21H,6-7H2,1-5H3/t21-/m1/s1. The fraction of sp³-hybridized carbons (Fsp3) is 0.333. The number of esters is 1. The average Bonchev–Trinajstić information content (AvgIpc) is 3.32. The van der Waals surface area contributed by atoms with Crippen LogP contribution in [0.15, 0.2) is 51.5 Å². The van der Waals surface area contributed by atoms with Gasteiger partial charge in [-0.1, -0.05) is 23.5 Å². The SMILES string of the molecule is CCOC(=O)C1=C(C)N=c2sc(=Cc3cn(CC)nc3C)c(=O)n2[C@@H]1c1ccc(OC)cc1. The third kappa shape index (κ3) is 4.16. The van der Waals surface area contributed by atoms with Gasteiger partial charge < -0.3 is 9.47 Å². The number of allylic oxidation sites excluding steroid dienone is 1. The smallest absolute Gasteiger partial charge is 0.338 e. The minimum atomic E-state index is -0.646. The third-order valence-electron chi connectivity index (χ3n) is 5.54. The molecule has 9 heteroatoms. The molecule has 2 aromatic heterocycles. The van der Waals surface area contributed by atoms with E-state index in [1.807, 2.05) is 55.1 Å². The van der Waals surface area contributed by atoms with E-state index in [1.54, 1.807) is 25.5 Å². The van der Waals surface area contributed by atoms with Crippen LogP contribution in [0, 0.1) is 6.92 Å². The molecule has 172 valence electrons. The first-order valence-electron chi connectivity index (χ1n) is 10.8. The Morgan fingerprint density at radius 3 is 2.55 bits per heavy atom. The van der Waals surface area contributed by atoms with Crippen molar-refractivity contribution in [1.82, 2.24) is 14.3 Å². The van der Waals surface area contributed by atoms with E-state index in [-0.39, 0.29) is 12.2 Å². The Hall–Kier alpha value is -3.46. The molecule has 0 spiro atoms. The first-order chi connectivity index (χ1) is 15.9. The van der Waals surface area contributed by atoms with Crippen LogP contribution >= 0.6 is 11.3 Å². The molecule has 4 rings (SSSR count). The number of aryl methyl sites for hydroxylation is 2. The molecule has 0 fully saturated rings. The van der Waals surface area contributed by atoms with Crippen molar-refractivity contribution in [2.75, 3.05) is 13.7 Å². The number of rotatable bonds is 6. The van der Waals surface area contributed by atoms with Gasteiger partial charge in [0, 0.05) is 18.3 Å². The lowest BCUT2D eigenvalue weighted by Gasteiger charge is -2.24. The maximum atomic E-state index is 13.6. The molecule has 33 heavy (non-hydrogen) atoms. The van der Waals surface area contributed by atoms with Crippen molar-refractivity contribution in [3.63, 3.8) is 0 Å². The van der Waals surface area contributed by atoms with Crippen LogP contribution in [0.25, 0.3) is 6.08 Å². The van der Waals surface area contributed by atoms with Crippen LogP contribution in [0.1, 0.15) is 43.6 Å². The molecule has 0 N–H and O–H groups in total. The zero-order valence-corrected chi connectivity index (χ0v) is 20.1. The minimum absolute atomic E-state index is 0.211. The number of carbonyl (C=O) groups excluding carboxylic acids is 1. The monoisotopic (exact) mass is 466 g/mol. The molecule has 1 aromatic carbocycles. The molecule has 3 aromatic rings. The largest absolute Gasteiger partial charge is 0.497 e.